The highest BCUT2D eigenvalue weighted by molar-refractivity contribution is 7.80. The van der Waals surface area contributed by atoms with Gasteiger partial charge in [-0.3, -0.25) is 4.68 Å². The molecular weight excluding hydrogens is 256 g/mol. The van der Waals surface area contributed by atoms with E-state index >= 15 is 0 Å². The van der Waals surface area contributed by atoms with E-state index in [9.17, 15) is 0 Å². The molecule has 1 aromatic heterocycles. The molecule has 0 radical (unpaired) electrons. The molecule has 4 nitrogen and oxygen atoms in total. The molecule has 0 saturated carbocycles. The fourth-order valence-electron chi connectivity index (χ4n) is 1.26. The number of hydrogen-bond acceptors (Lipinski definition) is 2. The zero-order valence-electron chi connectivity index (χ0n) is 10.2. The van der Waals surface area contributed by atoms with Crippen LogP contribution in [0.5, 0.6) is 0 Å². The number of thiocarbonyl (C=S) groups is 1. The molecule has 0 fully saturated rings. The molecule has 0 unspecified atom stereocenters. The monoisotopic (exact) mass is 274 g/mol. The van der Waals surface area contributed by atoms with Gasteiger partial charge in [-0.05, 0) is 24.6 Å². The van der Waals surface area contributed by atoms with Crippen molar-refractivity contribution < 1.29 is 0 Å². The van der Waals surface area contributed by atoms with E-state index in [-0.39, 0.29) is 0 Å². The Bertz CT molecular complexity index is 351. The Labute approximate surface area is 113 Å². The van der Waals surface area contributed by atoms with Crippen LogP contribution in [0.3, 0.4) is 0 Å². The van der Waals surface area contributed by atoms with Crippen LogP contribution in [0.1, 0.15) is 20.3 Å². The standard InChI is InChI=1S/C11H19ClN4S/c1-9(2)6-14-11(17)13-4-3-5-16-8-10(12)7-15-16/h7-9H,3-6H2,1-2H3,(H2,13,14,17). The molecule has 0 bridgehead atoms. The molecule has 0 spiro atoms. The highest BCUT2D eigenvalue weighted by Gasteiger charge is 1.98. The maximum Gasteiger partial charge on any atom is 0.166 e. The Balaban J connectivity index is 2.06. The molecule has 96 valence electrons. The van der Waals surface area contributed by atoms with Gasteiger partial charge in [-0.1, -0.05) is 25.4 Å². The second-order valence-corrected chi connectivity index (χ2v) is 5.15. The lowest BCUT2D eigenvalue weighted by Gasteiger charge is -2.11. The number of nitrogens with one attached hydrogen (secondary N) is 2. The second-order valence-electron chi connectivity index (χ2n) is 4.31. The predicted molar refractivity (Wildman–Crippen MR) is 75.3 cm³/mol. The third kappa shape index (κ3) is 6.48. The van der Waals surface area contributed by atoms with Gasteiger partial charge in [0.25, 0.3) is 0 Å². The Morgan fingerprint density at radius 2 is 2.29 bits per heavy atom. The summed E-state index contributed by atoms with van der Waals surface area (Å²) in [5.41, 5.74) is 0. The summed E-state index contributed by atoms with van der Waals surface area (Å²) in [7, 11) is 0. The topological polar surface area (TPSA) is 41.9 Å². The maximum atomic E-state index is 5.76. The molecule has 1 rings (SSSR count). The van der Waals surface area contributed by atoms with Gasteiger partial charge >= 0.3 is 0 Å². The van der Waals surface area contributed by atoms with Gasteiger partial charge in [0.15, 0.2) is 5.11 Å². The van der Waals surface area contributed by atoms with Gasteiger partial charge in [0.2, 0.25) is 0 Å². The van der Waals surface area contributed by atoms with Crippen molar-refractivity contribution in [1.82, 2.24) is 20.4 Å². The van der Waals surface area contributed by atoms with Crippen LogP contribution >= 0.6 is 23.8 Å². The normalized spacial score (nSPS) is 10.6. The van der Waals surface area contributed by atoms with Crippen LogP contribution in [0.15, 0.2) is 12.4 Å². The Morgan fingerprint density at radius 3 is 2.88 bits per heavy atom. The van der Waals surface area contributed by atoms with E-state index in [0.717, 1.165) is 31.2 Å². The van der Waals surface area contributed by atoms with Crippen molar-refractivity contribution in [1.29, 1.82) is 0 Å². The van der Waals surface area contributed by atoms with Crippen molar-refractivity contribution in [2.75, 3.05) is 13.1 Å². The quantitative estimate of drug-likeness (QED) is 0.615. The SMILES string of the molecule is CC(C)CNC(=S)NCCCn1cc(Cl)cn1. The molecule has 0 amide bonds. The van der Waals surface area contributed by atoms with E-state index in [0.29, 0.717) is 10.9 Å². The Hall–Kier alpha value is -0.810. The Kier molecular flexibility index (Phi) is 6.29. The van der Waals surface area contributed by atoms with Crippen molar-refractivity contribution in [3.05, 3.63) is 17.4 Å². The number of hydrogen-bond donors (Lipinski definition) is 2. The van der Waals surface area contributed by atoms with Crippen LogP contribution in [0.2, 0.25) is 5.02 Å². The fraction of sp³-hybridized carbons (Fsp3) is 0.636. The first-order valence-electron chi connectivity index (χ1n) is 5.77. The number of halogens is 1. The van der Waals surface area contributed by atoms with Crippen molar-refractivity contribution >= 4 is 28.9 Å². The summed E-state index contributed by atoms with van der Waals surface area (Å²) in [6.07, 6.45) is 4.42. The lowest BCUT2D eigenvalue weighted by atomic mass is 10.2. The van der Waals surface area contributed by atoms with Crippen LogP contribution in [-0.2, 0) is 6.54 Å². The zero-order chi connectivity index (χ0) is 12.7. The number of rotatable bonds is 6. The van der Waals surface area contributed by atoms with Crippen LogP contribution < -0.4 is 10.6 Å². The van der Waals surface area contributed by atoms with Crippen molar-refractivity contribution in [3.8, 4) is 0 Å². The van der Waals surface area contributed by atoms with Crippen LogP contribution in [-0.4, -0.2) is 28.0 Å². The second kappa shape index (κ2) is 7.50. The van der Waals surface area contributed by atoms with E-state index in [1.54, 1.807) is 6.20 Å². The number of aromatic nitrogens is 2. The molecule has 0 saturated heterocycles. The summed E-state index contributed by atoms with van der Waals surface area (Å²) in [6.45, 7) is 6.88. The van der Waals surface area contributed by atoms with Gasteiger partial charge in [-0.15, -0.1) is 0 Å². The highest BCUT2D eigenvalue weighted by Crippen LogP contribution is 2.04. The lowest BCUT2D eigenvalue weighted by Crippen LogP contribution is -2.37. The molecule has 17 heavy (non-hydrogen) atoms. The molecule has 2 N–H and O–H groups in total. The summed E-state index contributed by atoms with van der Waals surface area (Å²) in [5.74, 6) is 0.598. The summed E-state index contributed by atoms with van der Waals surface area (Å²) in [4.78, 5) is 0. The smallest absolute Gasteiger partial charge is 0.166 e. The van der Waals surface area contributed by atoms with Crippen LogP contribution in [0.4, 0.5) is 0 Å². The van der Waals surface area contributed by atoms with Gasteiger partial charge in [0.1, 0.15) is 0 Å². The van der Waals surface area contributed by atoms with Gasteiger partial charge < -0.3 is 10.6 Å². The molecule has 0 aromatic carbocycles. The first-order valence-corrected chi connectivity index (χ1v) is 6.56. The fourth-order valence-corrected chi connectivity index (χ4v) is 1.60. The minimum absolute atomic E-state index is 0.598. The molecule has 0 aliphatic carbocycles. The van der Waals surface area contributed by atoms with E-state index in [1.807, 2.05) is 10.9 Å². The molecule has 0 aliphatic heterocycles. The van der Waals surface area contributed by atoms with Gasteiger partial charge in [0.05, 0.1) is 11.2 Å². The van der Waals surface area contributed by atoms with E-state index in [2.05, 4.69) is 29.6 Å². The number of aryl methyl sites for hydroxylation is 1. The van der Waals surface area contributed by atoms with Crippen LogP contribution in [0, 0.1) is 5.92 Å². The third-order valence-corrected chi connectivity index (χ3v) is 2.61. The lowest BCUT2D eigenvalue weighted by molar-refractivity contribution is 0.568. The summed E-state index contributed by atoms with van der Waals surface area (Å²) in [6, 6.07) is 0. The molecule has 0 aliphatic rings. The predicted octanol–water partition coefficient (Wildman–Crippen LogP) is 2.05. The van der Waals surface area contributed by atoms with Crippen LogP contribution in [0.25, 0.3) is 0 Å². The largest absolute Gasteiger partial charge is 0.363 e. The first kappa shape index (κ1) is 14.3. The van der Waals surface area contributed by atoms with E-state index in [1.165, 1.54) is 0 Å². The highest BCUT2D eigenvalue weighted by atomic mass is 35.5. The van der Waals surface area contributed by atoms with E-state index in [4.69, 9.17) is 23.8 Å². The maximum absolute atomic E-state index is 5.76. The van der Waals surface area contributed by atoms with Crippen molar-refractivity contribution in [3.63, 3.8) is 0 Å². The average Bonchev–Trinajstić information content (AvgIpc) is 2.68. The summed E-state index contributed by atoms with van der Waals surface area (Å²) in [5, 5.41) is 11.8. The number of nitrogens with zero attached hydrogens (tertiary/aromatic N) is 2. The van der Waals surface area contributed by atoms with Crippen molar-refractivity contribution in [2.45, 2.75) is 26.8 Å². The third-order valence-electron chi connectivity index (χ3n) is 2.12. The molecule has 1 heterocycles. The first-order chi connectivity index (χ1) is 8.08. The summed E-state index contributed by atoms with van der Waals surface area (Å²) < 4.78 is 1.83. The van der Waals surface area contributed by atoms with Gasteiger partial charge in [-0.25, -0.2) is 0 Å². The molecule has 6 heteroatoms. The summed E-state index contributed by atoms with van der Waals surface area (Å²) >= 11 is 10.9. The molecular formula is C11H19ClN4S. The van der Waals surface area contributed by atoms with E-state index < -0.39 is 0 Å². The Morgan fingerprint density at radius 1 is 1.53 bits per heavy atom. The van der Waals surface area contributed by atoms with Crippen molar-refractivity contribution in [2.24, 2.45) is 5.92 Å². The minimum atomic E-state index is 0.598. The van der Waals surface area contributed by atoms with Gasteiger partial charge in [-0.2, -0.15) is 5.10 Å². The molecule has 1 aromatic rings. The minimum Gasteiger partial charge on any atom is -0.363 e. The zero-order valence-corrected chi connectivity index (χ0v) is 11.8. The molecule has 0 atom stereocenters. The van der Waals surface area contributed by atoms with Gasteiger partial charge in [0, 0.05) is 25.8 Å². The average molecular weight is 275 g/mol.